The van der Waals surface area contributed by atoms with E-state index in [2.05, 4.69) is 15.5 Å². The molecule has 0 radical (unpaired) electrons. The molecule has 9 nitrogen and oxygen atoms in total. The zero-order valence-corrected chi connectivity index (χ0v) is 17.5. The maximum Gasteiger partial charge on any atom is 0.413 e. The third-order valence-corrected chi connectivity index (χ3v) is 3.63. The molecular weight excluding hydrogens is 386 g/mol. The van der Waals surface area contributed by atoms with Gasteiger partial charge in [-0.25, -0.2) is 14.8 Å². The number of hydrogen-bond acceptors (Lipinski definition) is 7. The lowest BCUT2D eigenvalue weighted by atomic mass is 10.1. The molecule has 160 valence electrons. The SMILES string of the molecule is CCN(O)C(=N)/C(=N/OCc1cccc(NC(=O)OC(C)(C)C)n1)c1ccccc1. The average molecular weight is 413 g/mol. The van der Waals surface area contributed by atoms with Gasteiger partial charge in [-0.05, 0) is 39.8 Å². The predicted octanol–water partition coefficient (Wildman–Crippen LogP) is 4.04. The largest absolute Gasteiger partial charge is 0.444 e. The molecule has 0 aliphatic carbocycles. The van der Waals surface area contributed by atoms with Crippen molar-refractivity contribution in [3.63, 3.8) is 0 Å². The Morgan fingerprint density at radius 2 is 1.90 bits per heavy atom. The number of nitrogens with zero attached hydrogens (tertiary/aromatic N) is 3. The number of amides is 1. The van der Waals surface area contributed by atoms with Crippen molar-refractivity contribution < 1.29 is 19.6 Å². The van der Waals surface area contributed by atoms with Gasteiger partial charge < -0.3 is 9.57 Å². The molecule has 2 aromatic rings. The Hall–Kier alpha value is -3.46. The Bertz CT molecular complexity index is 894. The normalized spacial score (nSPS) is 11.6. The van der Waals surface area contributed by atoms with Gasteiger partial charge in [0.25, 0.3) is 0 Å². The van der Waals surface area contributed by atoms with Crippen LogP contribution in [-0.2, 0) is 16.2 Å². The molecule has 0 unspecified atom stereocenters. The van der Waals surface area contributed by atoms with Gasteiger partial charge in [0.15, 0.2) is 18.2 Å². The van der Waals surface area contributed by atoms with E-state index < -0.39 is 11.7 Å². The van der Waals surface area contributed by atoms with E-state index in [4.69, 9.17) is 15.0 Å². The zero-order chi connectivity index (χ0) is 22.1. The van der Waals surface area contributed by atoms with Gasteiger partial charge in [-0.2, -0.15) is 0 Å². The molecule has 30 heavy (non-hydrogen) atoms. The first-order valence-corrected chi connectivity index (χ1v) is 9.46. The van der Waals surface area contributed by atoms with Gasteiger partial charge in [-0.15, -0.1) is 0 Å². The number of likely N-dealkylation sites (N-methyl/N-ethyl adjacent to an activating group) is 1. The first-order chi connectivity index (χ1) is 14.2. The second kappa shape index (κ2) is 10.4. The molecule has 0 aliphatic heterocycles. The van der Waals surface area contributed by atoms with Crippen molar-refractivity contribution in [2.45, 2.75) is 39.9 Å². The minimum atomic E-state index is -0.614. The van der Waals surface area contributed by atoms with Crippen molar-refractivity contribution in [3.05, 3.63) is 59.8 Å². The topological polar surface area (TPSA) is 120 Å². The van der Waals surface area contributed by atoms with Gasteiger partial charge in [-0.1, -0.05) is 41.6 Å². The number of benzene rings is 1. The fourth-order valence-electron chi connectivity index (χ4n) is 2.31. The molecule has 1 amide bonds. The van der Waals surface area contributed by atoms with E-state index in [1.165, 1.54) is 0 Å². The van der Waals surface area contributed by atoms with Crippen molar-refractivity contribution in [1.29, 1.82) is 5.41 Å². The molecule has 0 fully saturated rings. The monoisotopic (exact) mass is 413 g/mol. The van der Waals surface area contributed by atoms with Crippen molar-refractivity contribution in [3.8, 4) is 0 Å². The van der Waals surface area contributed by atoms with Gasteiger partial charge >= 0.3 is 6.09 Å². The molecule has 1 heterocycles. The summed E-state index contributed by atoms with van der Waals surface area (Å²) in [6.07, 6.45) is -0.603. The summed E-state index contributed by atoms with van der Waals surface area (Å²) in [5.74, 6) is 0.134. The highest BCUT2D eigenvalue weighted by atomic mass is 16.6. The standard InChI is InChI=1S/C21H27N5O4/c1-5-26(28)19(22)18(15-10-7-6-8-11-15)25-29-14-16-12-9-13-17(23-16)24-20(27)30-21(2,3)4/h6-13,22,28H,5,14H2,1-4H3,(H,23,24,27)/b22-19?,25-18+. The second-order valence-corrected chi connectivity index (χ2v) is 7.28. The summed E-state index contributed by atoms with van der Waals surface area (Å²) in [4.78, 5) is 21.6. The van der Waals surface area contributed by atoms with Crippen LogP contribution < -0.4 is 5.32 Å². The van der Waals surface area contributed by atoms with Crippen LogP contribution in [0.3, 0.4) is 0 Å². The van der Waals surface area contributed by atoms with Gasteiger partial charge in [0.2, 0.25) is 0 Å². The predicted molar refractivity (Wildman–Crippen MR) is 114 cm³/mol. The number of nitrogens with one attached hydrogen (secondary N) is 2. The van der Waals surface area contributed by atoms with Crippen LogP contribution in [0.5, 0.6) is 0 Å². The number of hydroxylamine groups is 2. The van der Waals surface area contributed by atoms with Crippen molar-refractivity contribution in [2.75, 3.05) is 11.9 Å². The van der Waals surface area contributed by atoms with Crippen LogP contribution in [0.15, 0.2) is 53.7 Å². The highest BCUT2D eigenvalue weighted by Gasteiger charge is 2.17. The summed E-state index contributed by atoms with van der Waals surface area (Å²) in [6, 6.07) is 14.1. The molecule has 9 heteroatoms. The molecule has 2 rings (SSSR count). The minimum Gasteiger partial charge on any atom is -0.444 e. The second-order valence-electron chi connectivity index (χ2n) is 7.28. The number of anilines is 1. The molecular formula is C21H27N5O4. The highest BCUT2D eigenvalue weighted by Crippen LogP contribution is 2.12. The highest BCUT2D eigenvalue weighted by molar-refractivity contribution is 6.45. The van der Waals surface area contributed by atoms with Crippen molar-refractivity contribution in [1.82, 2.24) is 10.0 Å². The van der Waals surface area contributed by atoms with E-state index in [9.17, 15) is 10.0 Å². The third-order valence-electron chi connectivity index (χ3n) is 3.63. The lowest BCUT2D eigenvalue weighted by Gasteiger charge is -2.19. The number of aromatic nitrogens is 1. The fourth-order valence-corrected chi connectivity index (χ4v) is 2.31. The van der Waals surface area contributed by atoms with Crippen LogP contribution in [0.4, 0.5) is 10.6 Å². The average Bonchev–Trinajstić information content (AvgIpc) is 2.69. The Morgan fingerprint density at radius 1 is 1.20 bits per heavy atom. The molecule has 0 atom stereocenters. The van der Waals surface area contributed by atoms with E-state index in [0.717, 1.165) is 5.06 Å². The van der Waals surface area contributed by atoms with Crippen LogP contribution in [0.25, 0.3) is 0 Å². The number of ether oxygens (including phenoxy) is 1. The van der Waals surface area contributed by atoms with E-state index in [1.807, 2.05) is 6.07 Å². The zero-order valence-electron chi connectivity index (χ0n) is 17.5. The van der Waals surface area contributed by atoms with E-state index >= 15 is 0 Å². The van der Waals surface area contributed by atoms with E-state index in [1.54, 1.807) is 70.2 Å². The minimum absolute atomic E-state index is 0.00497. The van der Waals surface area contributed by atoms with Crippen LogP contribution in [-0.4, -0.2) is 45.0 Å². The fraction of sp³-hybridized carbons (Fsp3) is 0.333. The van der Waals surface area contributed by atoms with Crippen LogP contribution in [0.1, 0.15) is 39.0 Å². The number of carbonyl (C=O) groups is 1. The molecule has 3 N–H and O–H groups in total. The maximum atomic E-state index is 11.9. The first-order valence-electron chi connectivity index (χ1n) is 9.46. The quantitative estimate of drug-likeness (QED) is 0.358. The number of carbonyl (C=O) groups excluding carboxylic acids is 1. The summed E-state index contributed by atoms with van der Waals surface area (Å²) < 4.78 is 5.21. The number of hydrogen-bond donors (Lipinski definition) is 3. The van der Waals surface area contributed by atoms with Crippen LogP contribution >= 0.6 is 0 Å². The summed E-state index contributed by atoms with van der Waals surface area (Å²) in [5.41, 5.74) is 0.713. The van der Waals surface area contributed by atoms with Gasteiger partial charge in [0, 0.05) is 12.1 Å². The molecule has 0 spiro atoms. The molecule has 1 aromatic heterocycles. The molecule has 0 saturated carbocycles. The third kappa shape index (κ3) is 7.17. The number of rotatable bonds is 7. The van der Waals surface area contributed by atoms with E-state index in [-0.39, 0.29) is 24.7 Å². The Kier molecular flexibility index (Phi) is 7.88. The summed E-state index contributed by atoms with van der Waals surface area (Å²) in [7, 11) is 0. The summed E-state index contributed by atoms with van der Waals surface area (Å²) in [5, 5.41) is 25.4. The lowest BCUT2D eigenvalue weighted by Crippen LogP contribution is -2.33. The number of amidine groups is 1. The van der Waals surface area contributed by atoms with Crippen LogP contribution in [0, 0.1) is 5.41 Å². The Labute approximate surface area is 175 Å². The summed E-state index contributed by atoms with van der Waals surface area (Å²) >= 11 is 0. The smallest absolute Gasteiger partial charge is 0.413 e. The first kappa shape index (κ1) is 22.8. The molecule has 0 bridgehead atoms. The molecule has 1 aromatic carbocycles. The van der Waals surface area contributed by atoms with Gasteiger partial charge in [0.05, 0.1) is 5.69 Å². The Morgan fingerprint density at radius 3 is 2.53 bits per heavy atom. The van der Waals surface area contributed by atoms with E-state index in [0.29, 0.717) is 17.1 Å². The number of oxime groups is 1. The van der Waals surface area contributed by atoms with Crippen LogP contribution in [0.2, 0.25) is 0 Å². The lowest BCUT2D eigenvalue weighted by molar-refractivity contribution is -0.00792. The molecule has 0 aliphatic rings. The number of pyridine rings is 1. The Balaban J connectivity index is 2.09. The maximum absolute atomic E-state index is 11.9. The molecule has 0 saturated heterocycles. The summed E-state index contributed by atoms with van der Waals surface area (Å²) in [6.45, 7) is 7.27. The van der Waals surface area contributed by atoms with Crippen molar-refractivity contribution >= 4 is 23.5 Å². The van der Waals surface area contributed by atoms with Gasteiger partial charge in [-0.3, -0.25) is 15.9 Å². The van der Waals surface area contributed by atoms with Gasteiger partial charge in [0.1, 0.15) is 11.4 Å². The van der Waals surface area contributed by atoms with Crippen molar-refractivity contribution in [2.24, 2.45) is 5.16 Å².